The number of hydrogen-bond donors (Lipinski definition) is 0. The Bertz CT molecular complexity index is 743. The molecule has 7 heteroatoms. The number of aryl methyl sites for hydroxylation is 1. The zero-order valence-corrected chi connectivity index (χ0v) is 14.5. The normalized spacial score (nSPS) is 23.9. The smallest absolute Gasteiger partial charge is 0.270 e. The molecule has 25 heavy (non-hydrogen) atoms. The summed E-state index contributed by atoms with van der Waals surface area (Å²) < 4.78 is 8.06. The number of nitrogens with zero attached hydrogens (tertiary/aromatic N) is 5. The second-order valence-electron chi connectivity index (χ2n) is 6.84. The van der Waals surface area contributed by atoms with Gasteiger partial charge in [-0.2, -0.15) is 0 Å². The van der Waals surface area contributed by atoms with Gasteiger partial charge in [0.25, 0.3) is 5.91 Å². The Balaban J connectivity index is 1.51. The number of morpholine rings is 1. The highest BCUT2D eigenvalue weighted by molar-refractivity contribution is 5.92. The van der Waals surface area contributed by atoms with Crippen LogP contribution in [0.1, 0.15) is 23.3 Å². The van der Waals surface area contributed by atoms with Crippen molar-refractivity contribution >= 4 is 11.9 Å². The van der Waals surface area contributed by atoms with Crippen molar-refractivity contribution in [2.45, 2.75) is 18.4 Å². The first-order chi connectivity index (χ1) is 12.2. The van der Waals surface area contributed by atoms with Crippen LogP contribution >= 0.6 is 0 Å². The summed E-state index contributed by atoms with van der Waals surface area (Å²) in [5, 5.41) is 0. The van der Waals surface area contributed by atoms with E-state index in [9.17, 15) is 4.79 Å². The highest BCUT2D eigenvalue weighted by Crippen LogP contribution is 2.31. The topological polar surface area (TPSA) is 63.5 Å². The number of aromatic nitrogens is 3. The monoisotopic (exact) mass is 341 g/mol. The fourth-order valence-electron chi connectivity index (χ4n) is 3.83. The SMILES string of the molecule is Cn1cccc1C(=O)N1CCOC2(CCCN(c3ncccn3)C2)C1. The standard InChI is InChI=1S/C18H23N5O2/c1-21-9-2-5-15(21)16(24)22-11-12-25-18(13-22)6-3-10-23(14-18)17-19-7-4-8-20-17/h2,4-5,7-9H,3,6,10-14H2,1H3. The Kier molecular flexibility index (Phi) is 4.17. The lowest BCUT2D eigenvalue weighted by Gasteiger charge is -2.48. The van der Waals surface area contributed by atoms with Crippen molar-refractivity contribution in [3.63, 3.8) is 0 Å². The number of carbonyl (C=O) groups is 1. The lowest BCUT2D eigenvalue weighted by Crippen LogP contribution is -2.61. The van der Waals surface area contributed by atoms with Gasteiger partial charge in [0.1, 0.15) is 11.3 Å². The summed E-state index contributed by atoms with van der Waals surface area (Å²) in [5.74, 6) is 0.805. The van der Waals surface area contributed by atoms with Crippen LogP contribution in [0.25, 0.3) is 0 Å². The number of hydrogen-bond acceptors (Lipinski definition) is 5. The van der Waals surface area contributed by atoms with Gasteiger partial charge in [0.2, 0.25) is 5.95 Å². The molecule has 0 saturated carbocycles. The molecule has 4 heterocycles. The van der Waals surface area contributed by atoms with Crippen molar-refractivity contribution in [2.75, 3.05) is 37.7 Å². The summed E-state index contributed by atoms with van der Waals surface area (Å²) in [6.45, 7) is 3.45. The second kappa shape index (κ2) is 6.48. The average molecular weight is 341 g/mol. The van der Waals surface area contributed by atoms with Gasteiger partial charge in [-0.15, -0.1) is 0 Å². The van der Waals surface area contributed by atoms with Crippen molar-refractivity contribution in [1.82, 2.24) is 19.4 Å². The molecule has 0 N–H and O–H groups in total. The maximum atomic E-state index is 12.9. The minimum atomic E-state index is -0.337. The van der Waals surface area contributed by atoms with Crippen molar-refractivity contribution in [2.24, 2.45) is 7.05 Å². The molecule has 2 aromatic rings. The second-order valence-corrected chi connectivity index (χ2v) is 6.84. The molecule has 2 fully saturated rings. The van der Waals surface area contributed by atoms with Crippen LogP contribution in [0, 0.1) is 0 Å². The maximum Gasteiger partial charge on any atom is 0.270 e. The molecule has 132 valence electrons. The molecule has 2 aromatic heterocycles. The van der Waals surface area contributed by atoms with Crippen LogP contribution in [0.4, 0.5) is 5.95 Å². The molecule has 2 saturated heterocycles. The van der Waals surface area contributed by atoms with E-state index in [1.807, 2.05) is 40.9 Å². The minimum absolute atomic E-state index is 0.0725. The number of piperidine rings is 1. The molecule has 0 bridgehead atoms. The number of anilines is 1. The van der Waals surface area contributed by atoms with Crippen LogP contribution in [0.15, 0.2) is 36.8 Å². The van der Waals surface area contributed by atoms with Crippen LogP contribution in [0.5, 0.6) is 0 Å². The molecule has 2 aliphatic heterocycles. The van der Waals surface area contributed by atoms with Crippen molar-refractivity contribution < 1.29 is 9.53 Å². The zero-order chi connectivity index (χ0) is 17.3. The molecule has 0 aliphatic carbocycles. The molecule has 7 nitrogen and oxygen atoms in total. The third-order valence-electron chi connectivity index (χ3n) is 5.07. The largest absolute Gasteiger partial charge is 0.369 e. The van der Waals surface area contributed by atoms with Gasteiger partial charge in [-0.25, -0.2) is 9.97 Å². The van der Waals surface area contributed by atoms with Gasteiger partial charge >= 0.3 is 0 Å². The first-order valence-electron chi connectivity index (χ1n) is 8.73. The predicted molar refractivity (Wildman–Crippen MR) is 93.5 cm³/mol. The van der Waals surface area contributed by atoms with E-state index in [1.165, 1.54) is 0 Å². The molecule has 0 radical (unpaired) electrons. The number of ether oxygens (including phenoxy) is 1. The van der Waals surface area contributed by atoms with E-state index in [2.05, 4.69) is 14.9 Å². The first kappa shape index (κ1) is 16.1. The lowest BCUT2D eigenvalue weighted by atomic mass is 9.90. The minimum Gasteiger partial charge on any atom is -0.369 e. The molecular weight excluding hydrogens is 318 g/mol. The molecule has 1 atom stereocenters. The van der Waals surface area contributed by atoms with E-state index in [1.54, 1.807) is 12.4 Å². The third-order valence-corrected chi connectivity index (χ3v) is 5.07. The van der Waals surface area contributed by atoms with Gasteiger partial charge in [-0.05, 0) is 31.0 Å². The Morgan fingerprint density at radius 3 is 2.80 bits per heavy atom. The average Bonchev–Trinajstić information content (AvgIpc) is 3.08. The van der Waals surface area contributed by atoms with Gasteiger partial charge in [-0.1, -0.05) is 0 Å². The molecule has 4 rings (SSSR count). The van der Waals surface area contributed by atoms with Crippen molar-refractivity contribution in [1.29, 1.82) is 0 Å². The summed E-state index contributed by atoms with van der Waals surface area (Å²) >= 11 is 0. The van der Waals surface area contributed by atoms with Crippen LogP contribution < -0.4 is 4.90 Å². The molecule has 0 aromatic carbocycles. The van der Waals surface area contributed by atoms with Crippen molar-refractivity contribution in [3.05, 3.63) is 42.5 Å². The van der Waals surface area contributed by atoms with E-state index in [0.717, 1.165) is 31.0 Å². The summed E-state index contributed by atoms with van der Waals surface area (Å²) in [6, 6.07) is 5.59. The number of amides is 1. The predicted octanol–water partition coefficient (Wildman–Crippen LogP) is 1.33. The van der Waals surface area contributed by atoms with Crippen molar-refractivity contribution in [3.8, 4) is 0 Å². The summed E-state index contributed by atoms with van der Waals surface area (Å²) in [4.78, 5) is 25.7. The molecular formula is C18H23N5O2. The van der Waals surface area contributed by atoms with Crippen LogP contribution in [0.2, 0.25) is 0 Å². The van der Waals surface area contributed by atoms with E-state index in [0.29, 0.717) is 26.2 Å². The number of carbonyl (C=O) groups excluding carboxylic acids is 1. The van der Waals surface area contributed by atoms with Crippen LogP contribution in [-0.4, -0.2) is 63.7 Å². The Hall–Kier alpha value is -2.41. The zero-order valence-electron chi connectivity index (χ0n) is 14.5. The highest BCUT2D eigenvalue weighted by Gasteiger charge is 2.42. The third kappa shape index (κ3) is 3.11. The molecule has 1 unspecified atom stereocenters. The van der Waals surface area contributed by atoms with Gasteiger partial charge in [0, 0.05) is 38.7 Å². The Morgan fingerprint density at radius 1 is 1.20 bits per heavy atom. The van der Waals surface area contributed by atoms with Crippen LogP contribution in [-0.2, 0) is 11.8 Å². The van der Waals surface area contributed by atoms with Gasteiger partial charge < -0.3 is 19.1 Å². The Labute approximate surface area is 147 Å². The van der Waals surface area contributed by atoms with E-state index in [-0.39, 0.29) is 11.5 Å². The van der Waals surface area contributed by atoms with Gasteiger partial charge in [0.15, 0.2) is 0 Å². The first-order valence-corrected chi connectivity index (χ1v) is 8.73. The molecule has 2 aliphatic rings. The number of rotatable bonds is 2. The highest BCUT2D eigenvalue weighted by atomic mass is 16.5. The summed E-state index contributed by atoms with van der Waals surface area (Å²) in [6.07, 6.45) is 7.38. The van der Waals surface area contributed by atoms with Gasteiger partial charge in [-0.3, -0.25) is 4.79 Å². The van der Waals surface area contributed by atoms with Crippen LogP contribution in [0.3, 0.4) is 0 Å². The molecule has 1 spiro atoms. The van der Waals surface area contributed by atoms with E-state index >= 15 is 0 Å². The maximum absolute atomic E-state index is 12.9. The summed E-state index contributed by atoms with van der Waals surface area (Å²) in [5.41, 5.74) is 0.382. The fraction of sp³-hybridized carbons (Fsp3) is 0.500. The lowest BCUT2D eigenvalue weighted by molar-refractivity contribution is -0.105. The molecule has 1 amide bonds. The Morgan fingerprint density at radius 2 is 2.04 bits per heavy atom. The van der Waals surface area contributed by atoms with E-state index < -0.39 is 0 Å². The van der Waals surface area contributed by atoms with Gasteiger partial charge in [0.05, 0.1) is 19.7 Å². The quantitative estimate of drug-likeness (QED) is 0.824. The summed E-state index contributed by atoms with van der Waals surface area (Å²) in [7, 11) is 1.90. The fourth-order valence-corrected chi connectivity index (χ4v) is 3.83. The van der Waals surface area contributed by atoms with E-state index in [4.69, 9.17) is 4.74 Å².